The second-order valence-electron chi connectivity index (χ2n) is 4.23. The van der Waals surface area contributed by atoms with E-state index in [1.54, 1.807) is 7.11 Å². The summed E-state index contributed by atoms with van der Waals surface area (Å²) >= 11 is 0. The van der Waals surface area contributed by atoms with Gasteiger partial charge in [-0.25, -0.2) is 0 Å². The Morgan fingerprint density at radius 2 is 1.94 bits per heavy atom. The molecule has 0 aliphatic carbocycles. The third-order valence-electron chi connectivity index (χ3n) is 3.11. The van der Waals surface area contributed by atoms with Crippen LogP contribution in [0.2, 0.25) is 0 Å². The van der Waals surface area contributed by atoms with Crippen LogP contribution in [0.25, 0.3) is 0 Å². The lowest BCUT2D eigenvalue weighted by Gasteiger charge is -2.32. The second-order valence-corrected chi connectivity index (χ2v) is 4.23. The van der Waals surface area contributed by atoms with E-state index in [1.165, 1.54) is 0 Å². The number of carbonyl (C=O) groups excluding carboxylic acids is 1. The standard InChI is InChI=1S/C13H18N2O3/c1-17-11-4-2-10(3-5-11)12(13(14)16)15-6-8-18-9-7-15/h2-5,12H,6-9H2,1H3,(H2,14,16)/t12-/m1/s1. The minimum Gasteiger partial charge on any atom is -0.497 e. The zero-order chi connectivity index (χ0) is 13.0. The Morgan fingerprint density at radius 3 is 2.44 bits per heavy atom. The van der Waals surface area contributed by atoms with Gasteiger partial charge in [0.25, 0.3) is 0 Å². The normalized spacial score (nSPS) is 18.3. The summed E-state index contributed by atoms with van der Waals surface area (Å²) in [6, 6.07) is 7.05. The van der Waals surface area contributed by atoms with Crippen LogP contribution in [-0.4, -0.2) is 44.2 Å². The first-order valence-corrected chi connectivity index (χ1v) is 5.97. The molecular weight excluding hydrogens is 232 g/mol. The number of benzene rings is 1. The monoisotopic (exact) mass is 250 g/mol. The minimum atomic E-state index is -0.389. The first-order valence-electron chi connectivity index (χ1n) is 5.97. The van der Waals surface area contributed by atoms with Crippen molar-refractivity contribution in [1.29, 1.82) is 0 Å². The molecule has 1 aromatic carbocycles. The highest BCUT2D eigenvalue weighted by Gasteiger charge is 2.27. The van der Waals surface area contributed by atoms with E-state index < -0.39 is 0 Å². The Kier molecular flexibility index (Phi) is 4.17. The van der Waals surface area contributed by atoms with Gasteiger partial charge < -0.3 is 15.2 Å². The quantitative estimate of drug-likeness (QED) is 0.847. The Bertz CT molecular complexity index is 399. The molecule has 0 aromatic heterocycles. The van der Waals surface area contributed by atoms with Crippen molar-refractivity contribution < 1.29 is 14.3 Å². The van der Waals surface area contributed by atoms with Gasteiger partial charge in [0.2, 0.25) is 5.91 Å². The molecule has 0 bridgehead atoms. The molecular formula is C13H18N2O3. The fourth-order valence-electron chi connectivity index (χ4n) is 2.18. The summed E-state index contributed by atoms with van der Waals surface area (Å²) in [4.78, 5) is 13.7. The zero-order valence-electron chi connectivity index (χ0n) is 10.5. The molecule has 1 aromatic rings. The molecule has 0 saturated carbocycles. The van der Waals surface area contributed by atoms with Crippen molar-refractivity contribution in [2.24, 2.45) is 5.73 Å². The molecule has 98 valence electrons. The van der Waals surface area contributed by atoms with Crippen LogP contribution in [0.4, 0.5) is 0 Å². The van der Waals surface area contributed by atoms with E-state index in [-0.39, 0.29) is 11.9 Å². The number of rotatable bonds is 4. The van der Waals surface area contributed by atoms with Gasteiger partial charge in [0.05, 0.1) is 20.3 Å². The van der Waals surface area contributed by atoms with Gasteiger partial charge in [-0.2, -0.15) is 0 Å². The van der Waals surface area contributed by atoms with Crippen molar-refractivity contribution in [3.05, 3.63) is 29.8 Å². The lowest BCUT2D eigenvalue weighted by Crippen LogP contribution is -2.44. The van der Waals surface area contributed by atoms with E-state index in [0.717, 1.165) is 24.4 Å². The molecule has 2 N–H and O–H groups in total. The van der Waals surface area contributed by atoms with Crippen molar-refractivity contribution in [2.45, 2.75) is 6.04 Å². The molecule has 5 heteroatoms. The molecule has 18 heavy (non-hydrogen) atoms. The van der Waals surface area contributed by atoms with Gasteiger partial charge in [0, 0.05) is 13.1 Å². The van der Waals surface area contributed by atoms with Crippen LogP contribution < -0.4 is 10.5 Å². The van der Waals surface area contributed by atoms with Gasteiger partial charge in [-0.1, -0.05) is 12.1 Å². The lowest BCUT2D eigenvalue weighted by molar-refractivity contribution is -0.125. The molecule has 1 heterocycles. The largest absolute Gasteiger partial charge is 0.497 e. The van der Waals surface area contributed by atoms with Crippen molar-refractivity contribution >= 4 is 5.91 Å². The van der Waals surface area contributed by atoms with E-state index in [2.05, 4.69) is 0 Å². The molecule has 0 spiro atoms. The number of primary amides is 1. The smallest absolute Gasteiger partial charge is 0.239 e. The number of methoxy groups -OCH3 is 1. The Morgan fingerprint density at radius 1 is 1.33 bits per heavy atom. The first-order chi connectivity index (χ1) is 8.72. The molecule has 0 unspecified atom stereocenters. The Balaban J connectivity index is 2.20. The van der Waals surface area contributed by atoms with Crippen LogP contribution in [0.15, 0.2) is 24.3 Å². The van der Waals surface area contributed by atoms with Crippen LogP contribution in [0.3, 0.4) is 0 Å². The van der Waals surface area contributed by atoms with Gasteiger partial charge in [-0.15, -0.1) is 0 Å². The lowest BCUT2D eigenvalue weighted by atomic mass is 10.0. The fraction of sp³-hybridized carbons (Fsp3) is 0.462. The highest BCUT2D eigenvalue weighted by molar-refractivity contribution is 5.81. The molecule has 1 amide bonds. The maximum absolute atomic E-state index is 11.7. The molecule has 1 aliphatic rings. The summed E-state index contributed by atoms with van der Waals surface area (Å²) in [6.45, 7) is 2.72. The number of nitrogens with zero attached hydrogens (tertiary/aromatic N) is 1. The van der Waals surface area contributed by atoms with Crippen LogP contribution in [0.1, 0.15) is 11.6 Å². The molecule has 1 fully saturated rings. The van der Waals surface area contributed by atoms with Gasteiger partial charge in [0.1, 0.15) is 11.8 Å². The maximum atomic E-state index is 11.7. The van der Waals surface area contributed by atoms with E-state index in [1.807, 2.05) is 29.2 Å². The number of hydrogen-bond acceptors (Lipinski definition) is 4. The summed E-state index contributed by atoms with van der Waals surface area (Å²) in [5.41, 5.74) is 6.41. The molecule has 1 aliphatic heterocycles. The third-order valence-corrected chi connectivity index (χ3v) is 3.11. The average Bonchev–Trinajstić information content (AvgIpc) is 2.40. The third kappa shape index (κ3) is 2.80. The predicted molar refractivity (Wildman–Crippen MR) is 67.3 cm³/mol. The summed E-state index contributed by atoms with van der Waals surface area (Å²) < 4.78 is 10.4. The molecule has 1 saturated heterocycles. The first kappa shape index (κ1) is 12.9. The number of carbonyl (C=O) groups is 1. The van der Waals surface area contributed by atoms with E-state index >= 15 is 0 Å². The van der Waals surface area contributed by atoms with Gasteiger partial charge in [-0.3, -0.25) is 9.69 Å². The number of nitrogens with two attached hydrogens (primary N) is 1. The van der Waals surface area contributed by atoms with Gasteiger partial charge in [0.15, 0.2) is 0 Å². The van der Waals surface area contributed by atoms with E-state index in [0.29, 0.717) is 13.2 Å². The maximum Gasteiger partial charge on any atom is 0.239 e. The highest BCUT2D eigenvalue weighted by Crippen LogP contribution is 2.23. The van der Waals surface area contributed by atoms with Crippen LogP contribution in [0, 0.1) is 0 Å². The number of amides is 1. The number of ether oxygens (including phenoxy) is 2. The number of hydrogen-bond donors (Lipinski definition) is 1. The van der Waals surface area contributed by atoms with Crippen molar-refractivity contribution in [1.82, 2.24) is 4.90 Å². The molecule has 1 atom stereocenters. The van der Waals surface area contributed by atoms with Crippen LogP contribution >= 0.6 is 0 Å². The minimum absolute atomic E-state index is 0.331. The average molecular weight is 250 g/mol. The predicted octanol–water partition coefficient (Wildman–Crippen LogP) is 0.554. The van der Waals surface area contributed by atoms with Gasteiger partial charge >= 0.3 is 0 Å². The van der Waals surface area contributed by atoms with Crippen molar-refractivity contribution in [3.8, 4) is 5.75 Å². The summed E-state index contributed by atoms with van der Waals surface area (Å²) in [5, 5.41) is 0. The molecule has 2 rings (SSSR count). The van der Waals surface area contributed by atoms with E-state index in [9.17, 15) is 4.79 Å². The van der Waals surface area contributed by atoms with Crippen LogP contribution in [-0.2, 0) is 9.53 Å². The molecule has 5 nitrogen and oxygen atoms in total. The van der Waals surface area contributed by atoms with Gasteiger partial charge in [-0.05, 0) is 17.7 Å². The summed E-state index contributed by atoms with van der Waals surface area (Å²) in [5.74, 6) is 0.436. The fourth-order valence-corrected chi connectivity index (χ4v) is 2.18. The SMILES string of the molecule is COc1ccc([C@H](C(N)=O)N2CCOCC2)cc1. The number of morpholine rings is 1. The molecule has 0 radical (unpaired) electrons. The second kappa shape index (κ2) is 5.84. The summed E-state index contributed by atoms with van der Waals surface area (Å²) in [6.07, 6.45) is 0. The topological polar surface area (TPSA) is 64.8 Å². The zero-order valence-corrected chi connectivity index (χ0v) is 10.5. The summed E-state index contributed by atoms with van der Waals surface area (Å²) in [7, 11) is 1.61. The Labute approximate surface area is 106 Å². The Hall–Kier alpha value is -1.59. The van der Waals surface area contributed by atoms with Crippen LogP contribution in [0.5, 0.6) is 5.75 Å². The van der Waals surface area contributed by atoms with E-state index in [4.69, 9.17) is 15.2 Å². The van der Waals surface area contributed by atoms with Crippen molar-refractivity contribution in [3.63, 3.8) is 0 Å². The van der Waals surface area contributed by atoms with Crippen molar-refractivity contribution in [2.75, 3.05) is 33.4 Å². The highest BCUT2D eigenvalue weighted by atomic mass is 16.5.